The van der Waals surface area contributed by atoms with Crippen LogP contribution < -0.4 is 0 Å². The fraction of sp³-hybridized carbons (Fsp3) is 0.333. The van der Waals surface area contributed by atoms with Crippen LogP contribution in [0.4, 0.5) is 0 Å². The van der Waals surface area contributed by atoms with Gasteiger partial charge in [-0.3, -0.25) is 0 Å². The predicted octanol–water partition coefficient (Wildman–Crippen LogP) is 4.21. The van der Waals surface area contributed by atoms with Crippen LogP contribution in [0.5, 0.6) is 0 Å². The average Bonchev–Trinajstić information content (AvgIpc) is 2.78. The largest absolute Gasteiger partial charge is 0.388 e. The summed E-state index contributed by atoms with van der Waals surface area (Å²) in [5, 5.41) is 11.4. The summed E-state index contributed by atoms with van der Waals surface area (Å²) < 4.78 is 2.08. The fourth-order valence-corrected chi connectivity index (χ4v) is 3.05. The molecule has 0 fully saturated rings. The molecule has 2 nitrogen and oxygen atoms in total. The number of hydrogen-bond acceptors (Lipinski definition) is 1. The van der Waals surface area contributed by atoms with Crippen LogP contribution in [0.25, 0.3) is 0 Å². The van der Waals surface area contributed by atoms with Gasteiger partial charge in [0.15, 0.2) is 0 Å². The molecule has 0 amide bonds. The van der Waals surface area contributed by atoms with E-state index in [1.54, 1.807) is 6.07 Å². The maximum atomic E-state index is 9.98. The van der Waals surface area contributed by atoms with Crippen LogP contribution >= 0.6 is 23.2 Å². The predicted molar refractivity (Wildman–Crippen MR) is 77.9 cm³/mol. The van der Waals surface area contributed by atoms with E-state index in [0.29, 0.717) is 11.6 Å². The van der Waals surface area contributed by atoms with Crippen molar-refractivity contribution >= 4 is 23.2 Å². The van der Waals surface area contributed by atoms with E-state index in [0.717, 1.165) is 35.4 Å². The Morgan fingerprint density at radius 2 is 2.11 bits per heavy atom. The summed E-state index contributed by atoms with van der Waals surface area (Å²) in [4.78, 5) is 0. The summed E-state index contributed by atoms with van der Waals surface area (Å²) in [6, 6.07) is 5.49. The minimum absolute atomic E-state index is 0.320. The molecule has 1 aromatic carbocycles. The van der Waals surface area contributed by atoms with E-state index >= 15 is 0 Å². The molecular formula is C15H15Cl2NO. The Balaban J connectivity index is 1.89. The van der Waals surface area contributed by atoms with Gasteiger partial charge in [0.2, 0.25) is 0 Å². The van der Waals surface area contributed by atoms with Crippen LogP contribution in [0.2, 0.25) is 10.0 Å². The molecule has 1 N–H and O–H groups in total. The molecule has 0 aliphatic heterocycles. The highest BCUT2D eigenvalue weighted by atomic mass is 35.5. The lowest BCUT2D eigenvalue weighted by Crippen LogP contribution is -2.05. The van der Waals surface area contributed by atoms with E-state index in [1.807, 2.05) is 18.3 Å². The van der Waals surface area contributed by atoms with Crippen LogP contribution in [0, 0.1) is 0 Å². The molecule has 1 aromatic heterocycles. The van der Waals surface area contributed by atoms with Gasteiger partial charge in [0.05, 0.1) is 6.10 Å². The van der Waals surface area contributed by atoms with Crippen molar-refractivity contribution in [2.75, 3.05) is 0 Å². The first kappa shape index (κ1) is 13.0. The third kappa shape index (κ3) is 2.66. The van der Waals surface area contributed by atoms with Gasteiger partial charge in [-0.05, 0) is 48.6 Å². The zero-order valence-electron chi connectivity index (χ0n) is 10.4. The molecular weight excluding hydrogens is 281 g/mol. The third-order valence-electron chi connectivity index (χ3n) is 3.64. The maximum Gasteiger partial charge on any atom is 0.0807 e. The van der Waals surface area contributed by atoms with E-state index in [-0.39, 0.29) is 6.10 Å². The molecule has 3 rings (SSSR count). The Labute approximate surface area is 122 Å². The second kappa shape index (κ2) is 5.20. The Hall–Kier alpha value is -0.960. The molecule has 0 bridgehead atoms. The van der Waals surface area contributed by atoms with Crippen LogP contribution in [0.3, 0.4) is 0 Å². The molecule has 1 heterocycles. The third-order valence-corrected chi connectivity index (χ3v) is 4.24. The van der Waals surface area contributed by atoms with Gasteiger partial charge in [-0.15, -0.1) is 0 Å². The van der Waals surface area contributed by atoms with E-state index in [4.69, 9.17) is 23.2 Å². The number of hydrogen-bond donors (Lipinski definition) is 1. The summed E-state index contributed by atoms with van der Waals surface area (Å²) in [6.07, 6.45) is 6.76. The molecule has 100 valence electrons. The Morgan fingerprint density at radius 1 is 1.26 bits per heavy atom. The molecule has 1 atom stereocenters. The van der Waals surface area contributed by atoms with Crippen molar-refractivity contribution in [1.82, 2.24) is 4.57 Å². The standard InChI is InChI=1S/C15H15Cl2NO/c16-12-4-5-14(17)11(6-12)8-18-7-10-2-1-3-15(19)13(10)9-18/h4-7,9,15,19H,1-3,8H2. The van der Waals surface area contributed by atoms with Crippen molar-refractivity contribution < 1.29 is 5.11 Å². The number of halogens is 2. The van der Waals surface area contributed by atoms with Crippen molar-refractivity contribution in [3.8, 4) is 0 Å². The van der Waals surface area contributed by atoms with Crippen molar-refractivity contribution in [3.05, 3.63) is 57.3 Å². The maximum absolute atomic E-state index is 9.98. The van der Waals surface area contributed by atoms with Gasteiger partial charge in [-0.1, -0.05) is 23.2 Å². The monoisotopic (exact) mass is 295 g/mol. The number of rotatable bonds is 2. The Kier molecular flexibility index (Phi) is 3.57. The van der Waals surface area contributed by atoms with E-state index in [2.05, 4.69) is 10.8 Å². The molecule has 0 saturated heterocycles. The quantitative estimate of drug-likeness (QED) is 0.882. The number of aromatic nitrogens is 1. The van der Waals surface area contributed by atoms with Crippen LogP contribution in [0.1, 0.15) is 35.6 Å². The zero-order chi connectivity index (χ0) is 13.4. The molecule has 4 heteroatoms. The lowest BCUT2D eigenvalue weighted by Gasteiger charge is -2.16. The van der Waals surface area contributed by atoms with Gasteiger partial charge >= 0.3 is 0 Å². The van der Waals surface area contributed by atoms with E-state index in [9.17, 15) is 5.11 Å². The first-order valence-electron chi connectivity index (χ1n) is 6.44. The van der Waals surface area contributed by atoms with Crippen molar-refractivity contribution in [3.63, 3.8) is 0 Å². The van der Waals surface area contributed by atoms with Crippen molar-refractivity contribution in [2.24, 2.45) is 0 Å². The minimum atomic E-state index is -0.320. The van der Waals surface area contributed by atoms with Crippen molar-refractivity contribution in [1.29, 1.82) is 0 Å². The lowest BCUT2D eigenvalue weighted by atomic mass is 9.93. The van der Waals surface area contributed by atoms with Crippen LogP contribution in [-0.4, -0.2) is 9.67 Å². The highest BCUT2D eigenvalue weighted by Crippen LogP contribution is 2.31. The normalized spacial score (nSPS) is 18.4. The molecule has 0 radical (unpaired) electrons. The summed E-state index contributed by atoms with van der Waals surface area (Å²) in [6.45, 7) is 0.680. The molecule has 1 aliphatic rings. The van der Waals surface area contributed by atoms with Crippen LogP contribution in [-0.2, 0) is 13.0 Å². The van der Waals surface area contributed by atoms with E-state index in [1.165, 1.54) is 5.56 Å². The molecule has 19 heavy (non-hydrogen) atoms. The van der Waals surface area contributed by atoms with Gasteiger partial charge in [-0.25, -0.2) is 0 Å². The highest BCUT2D eigenvalue weighted by molar-refractivity contribution is 6.33. The lowest BCUT2D eigenvalue weighted by molar-refractivity contribution is 0.157. The summed E-state index contributed by atoms with van der Waals surface area (Å²) in [5.41, 5.74) is 3.30. The zero-order valence-corrected chi connectivity index (χ0v) is 12.0. The first-order valence-corrected chi connectivity index (χ1v) is 7.19. The number of aliphatic hydroxyl groups excluding tert-OH is 1. The van der Waals surface area contributed by atoms with Crippen LogP contribution in [0.15, 0.2) is 30.6 Å². The molecule has 0 saturated carbocycles. The molecule has 0 spiro atoms. The topological polar surface area (TPSA) is 25.2 Å². The van der Waals surface area contributed by atoms with Gasteiger partial charge in [-0.2, -0.15) is 0 Å². The number of nitrogens with zero attached hydrogens (tertiary/aromatic N) is 1. The second-order valence-corrected chi connectivity index (χ2v) is 5.90. The smallest absolute Gasteiger partial charge is 0.0807 e. The number of aryl methyl sites for hydroxylation is 1. The summed E-state index contributed by atoms with van der Waals surface area (Å²) in [5.74, 6) is 0. The fourth-order valence-electron chi connectivity index (χ4n) is 2.68. The molecule has 2 aromatic rings. The number of benzene rings is 1. The van der Waals surface area contributed by atoms with Gasteiger partial charge in [0.1, 0.15) is 0 Å². The second-order valence-electron chi connectivity index (χ2n) is 5.05. The minimum Gasteiger partial charge on any atom is -0.388 e. The van der Waals surface area contributed by atoms with E-state index < -0.39 is 0 Å². The van der Waals surface area contributed by atoms with Gasteiger partial charge in [0, 0.05) is 34.5 Å². The van der Waals surface area contributed by atoms with Gasteiger partial charge < -0.3 is 9.67 Å². The molecule has 1 unspecified atom stereocenters. The average molecular weight is 296 g/mol. The Bertz CT molecular complexity index is 606. The SMILES string of the molecule is OC1CCCc2cn(Cc3cc(Cl)ccc3Cl)cc21. The highest BCUT2D eigenvalue weighted by Gasteiger charge is 2.19. The number of aliphatic hydroxyl groups is 1. The Morgan fingerprint density at radius 3 is 2.89 bits per heavy atom. The first-order chi connectivity index (χ1) is 9.13. The van der Waals surface area contributed by atoms with Crippen molar-refractivity contribution in [2.45, 2.75) is 31.9 Å². The summed E-state index contributed by atoms with van der Waals surface area (Å²) >= 11 is 12.2. The molecule has 1 aliphatic carbocycles. The van der Waals surface area contributed by atoms with Gasteiger partial charge in [0.25, 0.3) is 0 Å². The summed E-state index contributed by atoms with van der Waals surface area (Å²) in [7, 11) is 0. The number of fused-ring (bicyclic) bond motifs is 1.